The number of aromatic nitrogens is 6. The molecular formula is C50H32N6O. The van der Waals surface area contributed by atoms with E-state index < -0.39 is 0 Å². The lowest BCUT2D eigenvalue weighted by molar-refractivity contribution is 0.660. The molecule has 1 aliphatic rings. The molecule has 12 rings (SSSR count). The van der Waals surface area contributed by atoms with Crippen LogP contribution in [0.5, 0.6) is 0 Å². The monoisotopic (exact) mass is 732 g/mol. The van der Waals surface area contributed by atoms with Crippen LogP contribution in [0.4, 0.5) is 0 Å². The molecule has 268 valence electrons. The first-order valence-electron chi connectivity index (χ1n) is 19.2. The van der Waals surface area contributed by atoms with Crippen molar-refractivity contribution in [2.75, 3.05) is 0 Å². The molecule has 1 aliphatic carbocycles. The molecule has 3 heterocycles. The van der Waals surface area contributed by atoms with Gasteiger partial charge >= 0.3 is 0 Å². The van der Waals surface area contributed by atoms with Crippen molar-refractivity contribution in [2.45, 2.75) is 19.3 Å². The van der Waals surface area contributed by atoms with Gasteiger partial charge in [-0.25, -0.2) is 15.0 Å². The molecule has 0 N–H and O–H groups in total. The Kier molecular flexibility index (Phi) is 6.55. The minimum atomic E-state index is -0.167. The molecule has 0 spiro atoms. The molecule has 0 amide bonds. The fraction of sp³-hybridized carbons (Fsp3) is 0.0600. The minimum absolute atomic E-state index is 0.167. The van der Waals surface area contributed by atoms with E-state index >= 15 is 0 Å². The molecular weight excluding hydrogens is 701 g/mol. The zero-order chi connectivity index (χ0) is 37.8. The van der Waals surface area contributed by atoms with Crippen molar-refractivity contribution >= 4 is 54.5 Å². The minimum Gasteiger partial charge on any atom is -0.456 e. The van der Waals surface area contributed by atoms with E-state index in [4.69, 9.17) is 29.6 Å². The number of benzene rings is 8. The summed E-state index contributed by atoms with van der Waals surface area (Å²) in [7, 11) is 0. The van der Waals surface area contributed by atoms with Gasteiger partial charge in [0.05, 0.1) is 5.69 Å². The standard InChI is InChI=1S/C50H32N6O/c1-50(2)40-14-8-6-12-35(40)36-23-20-32(27-41(36)50)48-51-47(52-49(53-48)33-21-24-38-37-13-7-9-15-43(37)57-44(38)28-33)31-19-17-29-16-18-30-22-25-42-46(45(30)39(29)26-31)55-56(54-42)34-10-4-3-5-11-34/h3-28H,1-2H3. The second kappa shape index (κ2) is 11.7. The molecule has 57 heavy (non-hydrogen) atoms. The summed E-state index contributed by atoms with van der Waals surface area (Å²) in [5.41, 5.74) is 11.9. The number of hydrogen-bond donors (Lipinski definition) is 0. The van der Waals surface area contributed by atoms with Crippen molar-refractivity contribution in [3.63, 3.8) is 0 Å². The second-order valence-electron chi connectivity index (χ2n) is 15.4. The average molecular weight is 733 g/mol. The van der Waals surface area contributed by atoms with E-state index in [9.17, 15) is 0 Å². The van der Waals surface area contributed by atoms with E-state index in [1.807, 2.05) is 60.7 Å². The van der Waals surface area contributed by atoms with E-state index in [1.54, 1.807) is 4.80 Å². The number of furan rings is 1. The Bertz CT molecular complexity index is 3450. The van der Waals surface area contributed by atoms with Crippen LogP contribution in [0.25, 0.3) is 105 Å². The highest BCUT2D eigenvalue weighted by atomic mass is 16.3. The van der Waals surface area contributed by atoms with Crippen molar-refractivity contribution in [2.24, 2.45) is 0 Å². The van der Waals surface area contributed by atoms with Crippen molar-refractivity contribution in [1.29, 1.82) is 0 Å². The molecule has 0 saturated heterocycles. The summed E-state index contributed by atoms with van der Waals surface area (Å²) in [6.07, 6.45) is 0. The zero-order valence-corrected chi connectivity index (χ0v) is 31.1. The van der Waals surface area contributed by atoms with Crippen LogP contribution in [0.15, 0.2) is 162 Å². The van der Waals surface area contributed by atoms with Gasteiger partial charge in [0, 0.05) is 38.3 Å². The highest BCUT2D eigenvalue weighted by Gasteiger charge is 2.35. The van der Waals surface area contributed by atoms with E-state index in [1.165, 1.54) is 22.3 Å². The van der Waals surface area contributed by atoms with Gasteiger partial charge in [-0.2, -0.15) is 4.80 Å². The molecule has 0 fully saturated rings. The van der Waals surface area contributed by atoms with Gasteiger partial charge in [-0.1, -0.05) is 123 Å². The third kappa shape index (κ3) is 4.82. The van der Waals surface area contributed by atoms with Crippen LogP contribution in [0, 0.1) is 0 Å². The zero-order valence-electron chi connectivity index (χ0n) is 31.1. The van der Waals surface area contributed by atoms with Crippen LogP contribution >= 0.6 is 0 Å². The van der Waals surface area contributed by atoms with Gasteiger partial charge in [0.2, 0.25) is 0 Å². The molecule has 0 bridgehead atoms. The maximum atomic E-state index is 6.32. The molecule has 7 nitrogen and oxygen atoms in total. The molecule has 0 unspecified atom stereocenters. The number of para-hydroxylation sites is 2. The lowest BCUT2D eigenvalue weighted by Crippen LogP contribution is -2.15. The Hall–Kier alpha value is -7.51. The molecule has 0 radical (unpaired) electrons. The van der Waals surface area contributed by atoms with Crippen molar-refractivity contribution in [3.8, 4) is 51.0 Å². The predicted octanol–water partition coefficient (Wildman–Crippen LogP) is 12.1. The number of fused-ring (bicyclic) bond motifs is 11. The maximum absolute atomic E-state index is 6.32. The van der Waals surface area contributed by atoms with Gasteiger partial charge in [-0.05, 0) is 86.9 Å². The fourth-order valence-electron chi connectivity index (χ4n) is 8.80. The van der Waals surface area contributed by atoms with E-state index in [0.717, 1.165) is 76.9 Å². The van der Waals surface area contributed by atoms with E-state index in [-0.39, 0.29) is 5.41 Å². The molecule has 0 aliphatic heterocycles. The maximum Gasteiger partial charge on any atom is 0.164 e. The van der Waals surface area contributed by atoms with Gasteiger partial charge in [0.1, 0.15) is 22.2 Å². The smallest absolute Gasteiger partial charge is 0.164 e. The van der Waals surface area contributed by atoms with Gasteiger partial charge in [-0.3, -0.25) is 0 Å². The van der Waals surface area contributed by atoms with E-state index in [2.05, 4.69) is 111 Å². The van der Waals surface area contributed by atoms with Gasteiger partial charge in [0.25, 0.3) is 0 Å². The summed E-state index contributed by atoms with van der Waals surface area (Å²) in [5, 5.41) is 16.3. The van der Waals surface area contributed by atoms with Crippen LogP contribution in [0.2, 0.25) is 0 Å². The predicted molar refractivity (Wildman–Crippen MR) is 228 cm³/mol. The number of nitrogens with zero attached hydrogens (tertiary/aromatic N) is 6. The normalized spacial score (nSPS) is 13.2. The summed E-state index contributed by atoms with van der Waals surface area (Å²) in [5.74, 6) is 1.77. The summed E-state index contributed by atoms with van der Waals surface area (Å²) < 4.78 is 6.32. The van der Waals surface area contributed by atoms with Crippen LogP contribution in [0.3, 0.4) is 0 Å². The molecule has 0 atom stereocenters. The summed E-state index contributed by atoms with van der Waals surface area (Å²) in [6, 6.07) is 54.6. The number of hydrogen-bond acceptors (Lipinski definition) is 6. The lowest BCUT2D eigenvalue weighted by atomic mass is 9.82. The third-order valence-corrected chi connectivity index (χ3v) is 11.7. The summed E-state index contributed by atoms with van der Waals surface area (Å²) >= 11 is 0. The van der Waals surface area contributed by atoms with Crippen LogP contribution in [-0.2, 0) is 5.41 Å². The first kappa shape index (κ1) is 31.8. The Morgan fingerprint density at radius 2 is 1.11 bits per heavy atom. The number of rotatable bonds is 4. The highest BCUT2D eigenvalue weighted by Crippen LogP contribution is 2.49. The molecule has 7 heteroatoms. The Morgan fingerprint density at radius 3 is 1.96 bits per heavy atom. The van der Waals surface area contributed by atoms with E-state index in [0.29, 0.717) is 17.5 Å². The summed E-state index contributed by atoms with van der Waals surface area (Å²) in [6.45, 7) is 4.59. The van der Waals surface area contributed by atoms with Gasteiger partial charge in [0.15, 0.2) is 17.5 Å². The van der Waals surface area contributed by atoms with Crippen molar-refractivity contribution < 1.29 is 4.42 Å². The van der Waals surface area contributed by atoms with Crippen LogP contribution in [0.1, 0.15) is 25.0 Å². The Balaban J connectivity index is 1.07. The highest BCUT2D eigenvalue weighted by molar-refractivity contribution is 6.19. The lowest BCUT2D eigenvalue weighted by Gasteiger charge is -2.21. The summed E-state index contributed by atoms with van der Waals surface area (Å²) in [4.78, 5) is 17.3. The Morgan fingerprint density at radius 1 is 0.474 bits per heavy atom. The largest absolute Gasteiger partial charge is 0.456 e. The van der Waals surface area contributed by atoms with Gasteiger partial charge < -0.3 is 4.42 Å². The molecule has 11 aromatic rings. The molecule has 8 aromatic carbocycles. The molecule has 0 saturated carbocycles. The first-order valence-corrected chi connectivity index (χ1v) is 19.2. The third-order valence-electron chi connectivity index (χ3n) is 11.7. The van der Waals surface area contributed by atoms with Crippen LogP contribution < -0.4 is 0 Å². The van der Waals surface area contributed by atoms with Gasteiger partial charge in [-0.15, -0.1) is 10.2 Å². The molecule has 3 aromatic heterocycles. The second-order valence-corrected chi connectivity index (χ2v) is 15.4. The van der Waals surface area contributed by atoms with Crippen molar-refractivity contribution in [1.82, 2.24) is 29.9 Å². The topological polar surface area (TPSA) is 82.5 Å². The fourth-order valence-corrected chi connectivity index (χ4v) is 8.80. The first-order chi connectivity index (χ1) is 28.0. The SMILES string of the molecule is CC1(C)c2ccccc2-c2ccc(-c3nc(-c4ccc5c(c4)oc4ccccc45)nc(-c4ccc5ccc6ccc7nn(-c8ccccc8)nc7c6c5c4)n3)cc21. The van der Waals surface area contributed by atoms with Crippen molar-refractivity contribution in [3.05, 3.63) is 169 Å². The Labute approximate surface area is 326 Å². The van der Waals surface area contributed by atoms with Crippen LogP contribution in [-0.4, -0.2) is 29.9 Å². The average Bonchev–Trinajstić information content (AvgIpc) is 3.93. The quantitative estimate of drug-likeness (QED) is 0.168.